The topological polar surface area (TPSA) is 156 Å². The first kappa shape index (κ1) is 21.9. The molecule has 168 valence electrons. The van der Waals surface area contributed by atoms with Crippen molar-refractivity contribution in [3.05, 3.63) is 65.2 Å². The number of benzene rings is 3. The van der Waals surface area contributed by atoms with E-state index >= 15 is 0 Å². The first-order chi connectivity index (χ1) is 15.5. The molecule has 4 rings (SSSR count). The van der Waals surface area contributed by atoms with Crippen molar-refractivity contribution in [2.75, 3.05) is 0 Å². The van der Waals surface area contributed by atoms with E-state index in [1.807, 2.05) is 6.92 Å². The molecule has 1 aromatic heterocycles. The number of phenols is 2. The number of phenolic OH excluding ortho intramolecular Hbond substituents is 2. The largest absolute Gasteiger partial charge is 0.507 e. The fourth-order valence-electron chi connectivity index (χ4n) is 3.67. The van der Waals surface area contributed by atoms with Gasteiger partial charge in [-0.1, -0.05) is 11.6 Å². The molecule has 3 aromatic carbocycles. The third-order valence-corrected chi connectivity index (χ3v) is 5.86. The Balaban J connectivity index is 2.02. The number of nitrogens with one attached hydrogen (secondary N) is 2. The van der Waals surface area contributed by atoms with Crippen LogP contribution in [0.2, 0.25) is 0 Å². The lowest BCUT2D eigenvalue weighted by atomic mass is 9.81. The number of rotatable bonds is 5. The molecule has 1 heterocycles. The van der Waals surface area contributed by atoms with E-state index in [-0.39, 0.29) is 17.3 Å². The van der Waals surface area contributed by atoms with Gasteiger partial charge in [0.1, 0.15) is 23.2 Å². The van der Waals surface area contributed by atoms with Gasteiger partial charge in [0.25, 0.3) is 0 Å². The van der Waals surface area contributed by atoms with E-state index in [1.54, 1.807) is 56.3 Å². The molecule has 0 saturated carbocycles. The summed E-state index contributed by atoms with van der Waals surface area (Å²) in [7, 11) is 0. The molecule has 0 saturated heterocycles. The quantitative estimate of drug-likeness (QED) is 0.199. The number of nitrogens with two attached hydrogens (primary N) is 1. The molecule has 7 N–H and O–H groups in total. The van der Waals surface area contributed by atoms with Crippen molar-refractivity contribution in [1.29, 1.82) is 5.41 Å². The first-order valence-electron chi connectivity index (χ1n) is 10.2. The molecule has 0 fully saturated rings. The van der Waals surface area contributed by atoms with Gasteiger partial charge in [0.05, 0.1) is 22.0 Å². The van der Waals surface area contributed by atoms with Gasteiger partial charge >= 0.3 is 5.97 Å². The van der Waals surface area contributed by atoms with E-state index in [1.165, 1.54) is 6.07 Å². The van der Waals surface area contributed by atoms with Gasteiger partial charge < -0.3 is 26.0 Å². The number of carboxylic acids is 1. The van der Waals surface area contributed by atoms with Gasteiger partial charge in [-0.3, -0.25) is 10.2 Å². The molecular weight excluding hydrogens is 420 g/mol. The van der Waals surface area contributed by atoms with E-state index in [0.29, 0.717) is 44.7 Å². The van der Waals surface area contributed by atoms with E-state index in [4.69, 9.17) is 11.1 Å². The van der Waals surface area contributed by atoms with E-state index in [9.17, 15) is 20.1 Å². The van der Waals surface area contributed by atoms with Crippen LogP contribution in [0, 0.1) is 12.3 Å². The van der Waals surface area contributed by atoms with Gasteiger partial charge in [-0.15, -0.1) is 0 Å². The zero-order valence-electron chi connectivity index (χ0n) is 18.4. The van der Waals surface area contributed by atoms with Crippen LogP contribution in [0.5, 0.6) is 11.5 Å². The number of carbonyl (C=O) groups is 1. The number of nitrogens with zero attached hydrogens (tertiary/aromatic N) is 1. The number of aromatic amines is 1. The molecule has 0 radical (unpaired) electrons. The number of aromatic hydroxyl groups is 2. The zero-order chi connectivity index (χ0) is 24.1. The number of hydrogen-bond donors (Lipinski definition) is 6. The average molecular weight is 444 g/mol. The Hall–Kier alpha value is -4.33. The maximum atomic E-state index is 12.0. The Labute approximate surface area is 189 Å². The zero-order valence-corrected chi connectivity index (χ0v) is 18.4. The van der Waals surface area contributed by atoms with Crippen LogP contribution in [0.25, 0.3) is 33.5 Å². The number of hydrogen-bond acceptors (Lipinski definition) is 5. The average Bonchev–Trinajstić information content (AvgIpc) is 3.18. The number of amidine groups is 1. The summed E-state index contributed by atoms with van der Waals surface area (Å²) in [5.41, 5.74) is 8.30. The Morgan fingerprint density at radius 3 is 2.39 bits per heavy atom. The van der Waals surface area contributed by atoms with Gasteiger partial charge in [0.2, 0.25) is 0 Å². The minimum Gasteiger partial charge on any atom is -0.507 e. The molecule has 0 bridgehead atoms. The van der Waals surface area contributed by atoms with Crippen LogP contribution in [-0.2, 0) is 10.2 Å². The lowest BCUT2D eigenvalue weighted by Crippen LogP contribution is -2.28. The second-order valence-corrected chi connectivity index (χ2v) is 8.60. The molecule has 4 aromatic rings. The van der Waals surface area contributed by atoms with Gasteiger partial charge in [-0.05, 0) is 68.8 Å². The fraction of sp³-hybridized carbons (Fsp3) is 0.160. The number of aryl methyl sites for hydroxylation is 1. The Morgan fingerprint density at radius 1 is 1.03 bits per heavy atom. The number of aromatic nitrogens is 2. The Kier molecular flexibility index (Phi) is 5.08. The summed E-state index contributed by atoms with van der Waals surface area (Å²) in [4.78, 5) is 19.7. The van der Waals surface area contributed by atoms with Gasteiger partial charge in [-0.25, -0.2) is 4.98 Å². The molecular formula is C25H24N4O4. The van der Waals surface area contributed by atoms with Crippen molar-refractivity contribution >= 4 is 22.8 Å². The highest BCUT2D eigenvalue weighted by Crippen LogP contribution is 2.44. The number of aliphatic carboxylic acids is 1. The summed E-state index contributed by atoms with van der Waals surface area (Å²) >= 11 is 0. The molecule has 33 heavy (non-hydrogen) atoms. The van der Waals surface area contributed by atoms with Crippen LogP contribution >= 0.6 is 0 Å². The third-order valence-electron chi connectivity index (χ3n) is 5.86. The third kappa shape index (κ3) is 3.76. The van der Waals surface area contributed by atoms with Crippen LogP contribution in [-0.4, -0.2) is 37.1 Å². The van der Waals surface area contributed by atoms with Crippen molar-refractivity contribution in [2.45, 2.75) is 26.2 Å². The van der Waals surface area contributed by atoms with E-state index < -0.39 is 11.4 Å². The minimum atomic E-state index is -1.27. The molecule has 0 atom stereocenters. The predicted octanol–water partition coefficient (Wildman–Crippen LogP) is 4.26. The molecule has 8 nitrogen and oxygen atoms in total. The maximum Gasteiger partial charge on any atom is 0.313 e. The summed E-state index contributed by atoms with van der Waals surface area (Å²) in [5.74, 6) is -0.985. The van der Waals surface area contributed by atoms with Crippen LogP contribution in [0.15, 0.2) is 48.5 Å². The number of fused-ring (bicyclic) bond motifs is 1. The highest BCUT2D eigenvalue weighted by atomic mass is 16.4. The fourth-order valence-corrected chi connectivity index (χ4v) is 3.67. The first-order valence-corrected chi connectivity index (χ1v) is 10.2. The lowest BCUT2D eigenvalue weighted by Gasteiger charge is -2.23. The normalized spacial score (nSPS) is 11.6. The van der Waals surface area contributed by atoms with Crippen LogP contribution < -0.4 is 5.73 Å². The molecule has 0 aliphatic carbocycles. The van der Waals surface area contributed by atoms with Crippen molar-refractivity contribution in [3.63, 3.8) is 0 Å². The molecule has 0 spiro atoms. The number of carboxylic acid groups (broad SMARTS) is 1. The minimum absolute atomic E-state index is 0.0390. The van der Waals surface area contributed by atoms with Crippen molar-refractivity contribution in [2.24, 2.45) is 5.73 Å². The summed E-state index contributed by atoms with van der Waals surface area (Å²) < 4.78 is 0. The van der Waals surface area contributed by atoms with Crippen molar-refractivity contribution in [3.8, 4) is 34.0 Å². The van der Waals surface area contributed by atoms with Crippen LogP contribution in [0.3, 0.4) is 0 Å². The predicted molar refractivity (Wildman–Crippen MR) is 127 cm³/mol. The van der Waals surface area contributed by atoms with Gasteiger partial charge in [-0.2, -0.15) is 0 Å². The lowest BCUT2D eigenvalue weighted by molar-refractivity contribution is -0.142. The molecule has 0 aliphatic rings. The second kappa shape index (κ2) is 7.67. The van der Waals surface area contributed by atoms with Gasteiger partial charge in [0.15, 0.2) is 0 Å². The Bertz CT molecular complexity index is 1440. The second-order valence-electron chi connectivity index (χ2n) is 8.60. The van der Waals surface area contributed by atoms with Crippen molar-refractivity contribution < 1.29 is 20.1 Å². The standard InChI is InChI=1S/C25H24N4O4/c1-12-4-7-20(30)15(8-12)16-10-14(25(2,3)24(32)33)11-17(21(16)31)23-28-18-6-5-13(22(26)27)9-19(18)29-23/h4-11,30-31H,1-3H3,(H3,26,27)(H,28,29)(H,32,33). The molecule has 0 amide bonds. The summed E-state index contributed by atoms with van der Waals surface area (Å²) in [5, 5.41) is 39.2. The van der Waals surface area contributed by atoms with Crippen LogP contribution in [0.1, 0.15) is 30.5 Å². The number of nitrogen functional groups attached to an aromatic ring is 1. The smallest absolute Gasteiger partial charge is 0.313 e. The summed E-state index contributed by atoms with van der Waals surface area (Å²) in [6.45, 7) is 5.00. The Morgan fingerprint density at radius 2 is 1.73 bits per heavy atom. The monoisotopic (exact) mass is 444 g/mol. The molecule has 8 heteroatoms. The maximum absolute atomic E-state index is 12.0. The molecule has 0 unspecified atom stereocenters. The highest BCUT2D eigenvalue weighted by Gasteiger charge is 2.32. The van der Waals surface area contributed by atoms with Crippen molar-refractivity contribution in [1.82, 2.24) is 9.97 Å². The number of H-pyrrole nitrogens is 1. The van der Waals surface area contributed by atoms with E-state index in [2.05, 4.69) is 9.97 Å². The highest BCUT2D eigenvalue weighted by molar-refractivity contribution is 5.98. The summed E-state index contributed by atoms with van der Waals surface area (Å²) in [6, 6.07) is 13.2. The van der Waals surface area contributed by atoms with E-state index in [0.717, 1.165) is 5.56 Å². The summed E-state index contributed by atoms with van der Waals surface area (Å²) in [6.07, 6.45) is 0. The number of imidazole rings is 1. The SMILES string of the molecule is Cc1ccc(O)c(-c2cc(C(C)(C)C(=O)O)cc(-c3nc4ccc(C(=N)N)cc4[nH]3)c2O)c1. The van der Waals surface area contributed by atoms with Gasteiger partial charge in [0, 0.05) is 16.7 Å². The molecule has 0 aliphatic heterocycles. The van der Waals surface area contributed by atoms with Crippen LogP contribution in [0.4, 0.5) is 0 Å².